The highest BCUT2D eigenvalue weighted by atomic mass is 35.5. The second-order valence-corrected chi connectivity index (χ2v) is 8.40. The van der Waals surface area contributed by atoms with Crippen molar-refractivity contribution in [3.05, 3.63) is 70.1 Å². The number of likely N-dealkylation sites (tertiary alicyclic amines) is 1. The molecule has 162 valence electrons. The molecule has 2 heterocycles. The predicted octanol–water partition coefficient (Wildman–Crippen LogP) is 5.20. The van der Waals surface area contributed by atoms with E-state index in [1.165, 1.54) is 36.1 Å². The number of hydrogen-bond donors (Lipinski definition) is 1. The fourth-order valence-corrected chi connectivity index (χ4v) is 4.01. The molecule has 1 amide bonds. The summed E-state index contributed by atoms with van der Waals surface area (Å²) in [6.45, 7) is 3.52. The zero-order valence-electron chi connectivity index (χ0n) is 17.0. The molecule has 0 aliphatic carbocycles. The average molecular weight is 461 g/mol. The van der Waals surface area contributed by atoms with Crippen LogP contribution >= 0.6 is 23.2 Å². The maximum Gasteiger partial charge on any atom is 0.270 e. The zero-order chi connectivity index (χ0) is 21.8. The van der Waals surface area contributed by atoms with Gasteiger partial charge < -0.3 is 10.2 Å². The largest absolute Gasteiger partial charge is 0.349 e. The lowest BCUT2D eigenvalue weighted by Crippen LogP contribution is -2.38. The van der Waals surface area contributed by atoms with Crippen molar-refractivity contribution < 1.29 is 9.18 Å². The van der Waals surface area contributed by atoms with Gasteiger partial charge in [-0.05, 0) is 74.5 Å². The van der Waals surface area contributed by atoms with Crippen LogP contribution in [0.5, 0.6) is 0 Å². The molecule has 1 aromatic heterocycles. The Labute approximate surface area is 190 Å². The minimum atomic E-state index is -0.330. The molecule has 1 aliphatic heterocycles. The number of hydrogen-bond acceptors (Lipinski definition) is 3. The van der Waals surface area contributed by atoms with Gasteiger partial charge in [-0.2, -0.15) is 5.10 Å². The Morgan fingerprint density at radius 1 is 1.00 bits per heavy atom. The van der Waals surface area contributed by atoms with E-state index in [0.717, 1.165) is 19.6 Å². The van der Waals surface area contributed by atoms with Crippen LogP contribution in [0.15, 0.2) is 48.5 Å². The summed E-state index contributed by atoms with van der Waals surface area (Å²) in [4.78, 5) is 15.4. The second-order valence-electron chi connectivity index (χ2n) is 7.59. The van der Waals surface area contributed by atoms with Gasteiger partial charge in [0.15, 0.2) is 0 Å². The number of halogens is 3. The Hall–Kier alpha value is -2.41. The van der Waals surface area contributed by atoms with Crippen molar-refractivity contribution in [2.75, 3.05) is 26.2 Å². The standard InChI is InChI=1S/C23H23Cl2FN4O/c24-19-9-8-18(14-20(19)25)30-22(15-21(28-30)16-4-6-17(26)7-5-16)23(31)27-10-13-29-11-2-1-3-12-29/h4-9,14-15H,1-3,10-13H2,(H,27,31). The Balaban J connectivity index is 1.59. The minimum Gasteiger partial charge on any atom is -0.349 e. The summed E-state index contributed by atoms with van der Waals surface area (Å²) >= 11 is 12.2. The fourth-order valence-electron chi connectivity index (χ4n) is 3.72. The first kappa shape index (κ1) is 21.8. The minimum absolute atomic E-state index is 0.232. The normalized spacial score (nSPS) is 14.5. The molecule has 2 aromatic carbocycles. The molecule has 0 saturated carbocycles. The van der Waals surface area contributed by atoms with E-state index in [4.69, 9.17) is 23.2 Å². The molecule has 3 aromatic rings. The number of nitrogens with one attached hydrogen (secondary N) is 1. The van der Waals surface area contributed by atoms with Crippen LogP contribution in [0, 0.1) is 5.82 Å². The third-order valence-electron chi connectivity index (χ3n) is 5.39. The number of carbonyl (C=O) groups excluding carboxylic acids is 1. The quantitative estimate of drug-likeness (QED) is 0.549. The first-order chi connectivity index (χ1) is 15.0. The lowest BCUT2D eigenvalue weighted by molar-refractivity contribution is 0.0939. The van der Waals surface area contributed by atoms with Gasteiger partial charge in [-0.3, -0.25) is 4.79 Å². The first-order valence-electron chi connectivity index (χ1n) is 10.3. The van der Waals surface area contributed by atoms with Crippen LogP contribution < -0.4 is 5.32 Å². The Bertz CT molecular complexity index is 1060. The molecular weight excluding hydrogens is 438 g/mol. The van der Waals surface area contributed by atoms with Crippen LogP contribution in [-0.4, -0.2) is 46.8 Å². The summed E-state index contributed by atoms with van der Waals surface area (Å²) in [6.07, 6.45) is 3.69. The van der Waals surface area contributed by atoms with Gasteiger partial charge in [0, 0.05) is 18.7 Å². The van der Waals surface area contributed by atoms with Crippen LogP contribution in [0.25, 0.3) is 16.9 Å². The number of piperidine rings is 1. The Morgan fingerprint density at radius 2 is 1.74 bits per heavy atom. The van der Waals surface area contributed by atoms with E-state index in [1.807, 2.05) is 0 Å². The fraction of sp³-hybridized carbons (Fsp3) is 0.304. The number of carbonyl (C=O) groups is 1. The van der Waals surface area contributed by atoms with Crippen molar-refractivity contribution in [2.45, 2.75) is 19.3 Å². The molecule has 0 atom stereocenters. The summed E-state index contributed by atoms with van der Waals surface area (Å²) in [5.74, 6) is -0.563. The van der Waals surface area contributed by atoms with Crippen molar-refractivity contribution in [1.29, 1.82) is 0 Å². The van der Waals surface area contributed by atoms with Crippen molar-refractivity contribution in [2.24, 2.45) is 0 Å². The second kappa shape index (κ2) is 9.81. The number of rotatable bonds is 6. The smallest absolute Gasteiger partial charge is 0.270 e. The third kappa shape index (κ3) is 5.26. The Kier molecular flexibility index (Phi) is 6.90. The number of benzene rings is 2. The topological polar surface area (TPSA) is 50.2 Å². The van der Waals surface area contributed by atoms with Crippen molar-refractivity contribution in [3.8, 4) is 16.9 Å². The van der Waals surface area contributed by atoms with E-state index in [2.05, 4.69) is 15.3 Å². The van der Waals surface area contributed by atoms with E-state index in [1.54, 1.807) is 36.4 Å². The van der Waals surface area contributed by atoms with Gasteiger partial charge in [0.05, 0.1) is 21.4 Å². The molecule has 5 nitrogen and oxygen atoms in total. The van der Waals surface area contributed by atoms with Crippen LogP contribution in [0.2, 0.25) is 10.0 Å². The summed E-state index contributed by atoms with van der Waals surface area (Å²) in [5.41, 5.74) is 2.26. The molecular formula is C23H23Cl2FN4O. The highest BCUT2D eigenvalue weighted by molar-refractivity contribution is 6.42. The van der Waals surface area contributed by atoms with E-state index in [0.29, 0.717) is 39.2 Å². The van der Waals surface area contributed by atoms with E-state index >= 15 is 0 Å². The summed E-state index contributed by atoms with van der Waals surface area (Å²) in [7, 11) is 0. The van der Waals surface area contributed by atoms with Crippen LogP contribution in [0.4, 0.5) is 4.39 Å². The molecule has 8 heteroatoms. The van der Waals surface area contributed by atoms with Crippen molar-refractivity contribution in [3.63, 3.8) is 0 Å². The van der Waals surface area contributed by atoms with Gasteiger partial charge >= 0.3 is 0 Å². The maximum atomic E-state index is 13.3. The summed E-state index contributed by atoms with van der Waals surface area (Å²) in [6, 6.07) is 12.8. The average Bonchev–Trinajstić information content (AvgIpc) is 3.22. The van der Waals surface area contributed by atoms with Gasteiger partial charge in [0.2, 0.25) is 0 Å². The van der Waals surface area contributed by atoms with Gasteiger partial charge in [-0.15, -0.1) is 0 Å². The molecule has 1 saturated heterocycles. The molecule has 0 bridgehead atoms. The lowest BCUT2D eigenvalue weighted by Gasteiger charge is -2.26. The van der Waals surface area contributed by atoms with Crippen molar-refractivity contribution in [1.82, 2.24) is 20.0 Å². The SMILES string of the molecule is O=C(NCCN1CCCCC1)c1cc(-c2ccc(F)cc2)nn1-c1ccc(Cl)c(Cl)c1. The number of nitrogens with zero attached hydrogens (tertiary/aromatic N) is 3. The van der Waals surface area contributed by atoms with Gasteiger partial charge in [0.25, 0.3) is 5.91 Å². The zero-order valence-corrected chi connectivity index (χ0v) is 18.5. The Morgan fingerprint density at radius 3 is 2.45 bits per heavy atom. The molecule has 4 rings (SSSR count). The molecule has 0 radical (unpaired) electrons. The van der Waals surface area contributed by atoms with Gasteiger partial charge in [0.1, 0.15) is 11.5 Å². The predicted molar refractivity (Wildman–Crippen MR) is 122 cm³/mol. The lowest BCUT2D eigenvalue weighted by atomic mass is 10.1. The van der Waals surface area contributed by atoms with Gasteiger partial charge in [-0.1, -0.05) is 29.6 Å². The summed E-state index contributed by atoms with van der Waals surface area (Å²) in [5, 5.41) is 8.38. The highest BCUT2D eigenvalue weighted by Gasteiger charge is 2.19. The third-order valence-corrected chi connectivity index (χ3v) is 6.13. The number of amides is 1. The number of aromatic nitrogens is 2. The van der Waals surface area contributed by atoms with Crippen LogP contribution in [0.3, 0.4) is 0 Å². The van der Waals surface area contributed by atoms with Crippen LogP contribution in [0.1, 0.15) is 29.8 Å². The molecule has 1 fully saturated rings. The van der Waals surface area contributed by atoms with E-state index < -0.39 is 0 Å². The first-order valence-corrected chi connectivity index (χ1v) is 11.1. The van der Waals surface area contributed by atoms with E-state index in [-0.39, 0.29) is 11.7 Å². The molecule has 0 unspecified atom stereocenters. The van der Waals surface area contributed by atoms with E-state index in [9.17, 15) is 9.18 Å². The van der Waals surface area contributed by atoms with Crippen molar-refractivity contribution >= 4 is 29.1 Å². The van der Waals surface area contributed by atoms with Crippen LogP contribution in [-0.2, 0) is 0 Å². The summed E-state index contributed by atoms with van der Waals surface area (Å²) < 4.78 is 14.9. The molecule has 31 heavy (non-hydrogen) atoms. The monoisotopic (exact) mass is 460 g/mol. The van der Waals surface area contributed by atoms with Gasteiger partial charge in [-0.25, -0.2) is 9.07 Å². The molecule has 0 spiro atoms. The molecule has 1 aliphatic rings. The molecule has 1 N–H and O–H groups in total. The highest BCUT2D eigenvalue weighted by Crippen LogP contribution is 2.27. The maximum absolute atomic E-state index is 13.3.